The van der Waals surface area contributed by atoms with Gasteiger partial charge in [-0.15, -0.1) is 0 Å². The molecule has 4 heteroatoms. The van der Waals surface area contributed by atoms with Crippen LogP contribution in [0.3, 0.4) is 0 Å². The lowest BCUT2D eigenvalue weighted by atomic mass is 9.89. The van der Waals surface area contributed by atoms with Crippen LogP contribution in [0, 0.1) is 0 Å². The van der Waals surface area contributed by atoms with Crippen molar-refractivity contribution >= 4 is 21.7 Å². The first-order valence-electron chi connectivity index (χ1n) is 11.6. The van der Waals surface area contributed by atoms with E-state index < -0.39 is 0 Å². The van der Waals surface area contributed by atoms with Crippen LogP contribution in [0.15, 0.2) is 54.6 Å². The van der Waals surface area contributed by atoms with Gasteiger partial charge in [-0.1, -0.05) is 43.3 Å². The number of rotatable bonds is 6. The van der Waals surface area contributed by atoms with E-state index in [1.807, 2.05) is 19.1 Å². The van der Waals surface area contributed by atoms with Gasteiger partial charge in [-0.25, -0.2) is 4.98 Å². The number of ether oxygens (including phenoxy) is 2. The molecule has 4 nitrogen and oxygen atoms in total. The molecule has 0 saturated carbocycles. The number of aromatic nitrogens is 1. The highest BCUT2D eigenvalue weighted by Crippen LogP contribution is 2.43. The standard InChI is InChI=1S/C28H30N2O2/c1-4-16-30-17-15-21-23(18-30)27(22-11-8-12-25(31-3)28(22)32-5-2)29-24-14-13-19-9-6-7-10-20(19)26(21)24/h6-14H,4-5,15-18H2,1-3H3. The molecule has 4 aromatic rings. The van der Waals surface area contributed by atoms with Crippen molar-refractivity contribution in [3.8, 4) is 22.8 Å². The van der Waals surface area contributed by atoms with E-state index in [9.17, 15) is 0 Å². The van der Waals surface area contributed by atoms with Crippen molar-refractivity contribution in [3.05, 3.63) is 65.7 Å². The number of para-hydroxylation sites is 1. The molecule has 0 amide bonds. The molecule has 2 heterocycles. The third kappa shape index (κ3) is 3.49. The number of fused-ring (bicyclic) bond motifs is 5. The largest absolute Gasteiger partial charge is 0.493 e. The molecule has 0 bridgehead atoms. The van der Waals surface area contributed by atoms with Crippen LogP contribution in [0.1, 0.15) is 31.4 Å². The maximum Gasteiger partial charge on any atom is 0.170 e. The number of pyridine rings is 1. The van der Waals surface area contributed by atoms with Gasteiger partial charge in [0.25, 0.3) is 0 Å². The minimum Gasteiger partial charge on any atom is -0.493 e. The fraction of sp³-hybridized carbons (Fsp3) is 0.321. The Balaban J connectivity index is 1.83. The highest BCUT2D eigenvalue weighted by atomic mass is 16.5. The average Bonchev–Trinajstić information content (AvgIpc) is 2.83. The second-order valence-electron chi connectivity index (χ2n) is 8.39. The molecule has 1 aliphatic rings. The summed E-state index contributed by atoms with van der Waals surface area (Å²) in [5, 5.41) is 3.86. The van der Waals surface area contributed by atoms with Gasteiger partial charge in [-0.05, 0) is 66.4 Å². The van der Waals surface area contributed by atoms with Crippen molar-refractivity contribution in [2.45, 2.75) is 33.2 Å². The SMILES string of the molecule is CCCN1CCc2c(c(-c3cccc(OC)c3OCC)nc3ccc4ccccc4c23)C1. The van der Waals surface area contributed by atoms with Gasteiger partial charge in [0.15, 0.2) is 11.5 Å². The molecule has 32 heavy (non-hydrogen) atoms. The van der Waals surface area contributed by atoms with Crippen molar-refractivity contribution in [2.24, 2.45) is 0 Å². The van der Waals surface area contributed by atoms with Crippen LogP contribution in [-0.2, 0) is 13.0 Å². The highest BCUT2D eigenvalue weighted by molar-refractivity contribution is 6.09. The first-order chi connectivity index (χ1) is 15.7. The van der Waals surface area contributed by atoms with Crippen molar-refractivity contribution < 1.29 is 9.47 Å². The van der Waals surface area contributed by atoms with Crippen LogP contribution in [0.4, 0.5) is 0 Å². The number of hydrogen-bond donors (Lipinski definition) is 0. The Morgan fingerprint density at radius 3 is 2.66 bits per heavy atom. The van der Waals surface area contributed by atoms with E-state index in [0.717, 1.165) is 60.7 Å². The molecule has 0 atom stereocenters. The predicted octanol–water partition coefficient (Wildman–Crippen LogP) is 6.23. The van der Waals surface area contributed by atoms with E-state index in [4.69, 9.17) is 14.5 Å². The summed E-state index contributed by atoms with van der Waals surface area (Å²) in [6.45, 7) is 7.93. The lowest BCUT2D eigenvalue weighted by Gasteiger charge is -2.31. The summed E-state index contributed by atoms with van der Waals surface area (Å²) in [5.41, 5.74) is 5.83. The van der Waals surface area contributed by atoms with Gasteiger partial charge in [0, 0.05) is 24.0 Å². The molecule has 3 aromatic carbocycles. The molecule has 0 spiro atoms. The minimum atomic E-state index is 0.579. The van der Waals surface area contributed by atoms with E-state index in [1.165, 1.54) is 27.3 Å². The van der Waals surface area contributed by atoms with Crippen LogP contribution in [0.2, 0.25) is 0 Å². The highest BCUT2D eigenvalue weighted by Gasteiger charge is 2.26. The van der Waals surface area contributed by atoms with E-state index in [-0.39, 0.29) is 0 Å². The molecular formula is C28H30N2O2. The van der Waals surface area contributed by atoms with Gasteiger partial charge in [-0.2, -0.15) is 0 Å². The molecule has 0 fully saturated rings. The summed E-state index contributed by atoms with van der Waals surface area (Å²) < 4.78 is 11.7. The minimum absolute atomic E-state index is 0.579. The van der Waals surface area contributed by atoms with Crippen LogP contribution in [0.5, 0.6) is 11.5 Å². The molecule has 0 aliphatic carbocycles. The van der Waals surface area contributed by atoms with Gasteiger partial charge < -0.3 is 9.47 Å². The smallest absolute Gasteiger partial charge is 0.170 e. The average molecular weight is 427 g/mol. The Morgan fingerprint density at radius 2 is 1.84 bits per heavy atom. The quantitative estimate of drug-likeness (QED) is 0.342. The molecule has 164 valence electrons. The Kier molecular flexibility index (Phi) is 5.71. The summed E-state index contributed by atoms with van der Waals surface area (Å²) in [6.07, 6.45) is 2.18. The third-order valence-corrected chi connectivity index (χ3v) is 6.43. The molecule has 5 rings (SSSR count). The molecule has 1 aromatic heterocycles. The van der Waals surface area contributed by atoms with Crippen LogP contribution in [-0.4, -0.2) is 36.7 Å². The zero-order valence-electron chi connectivity index (χ0n) is 19.1. The number of hydrogen-bond acceptors (Lipinski definition) is 4. The Labute approximate surface area is 189 Å². The molecule has 0 unspecified atom stereocenters. The summed E-state index contributed by atoms with van der Waals surface area (Å²) >= 11 is 0. The summed E-state index contributed by atoms with van der Waals surface area (Å²) in [5.74, 6) is 1.53. The Morgan fingerprint density at radius 1 is 0.969 bits per heavy atom. The van der Waals surface area contributed by atoms with Crippen molar-refractivity contribution in [3.63, 3.8) is 0 Å². The van der Waals surface area contributed by atoms with Crippen LogP contribution >= 0.6 is 0 Å². The topological polar surface area (TPSA) is 34.6 Å². The van der Waals surface area contributed by atoms with Gasteiger partial charge in [-0.3, -0.25) is 4.90 Å². The van der Waals surface area contributed by atoms with E-state index in [1.54, 1.807) is 7.11 Å². The van der Waals surface area contributed by atoms with Gasteiger partial charge in [0.1, 0.15) is 0 Å². The first kappa shape index (κ1) is 20.8. The lowest BCUT2D eigenvalue weighted by molar-refractivity contribution is 0.255. The van der Waals surface area contributed by atoms with Gasteiger partial charge in [0.05, 0.1) is 24.9 Å². The van der Waals surface area contributed by atoms with E-state index >= 15 is 0 Å². The zero-order chi connectivity index (χ0) is 22.1. The Hall–Kier alpha value is -3.11. The first-order valence-corrected chi connectivity index (χ1v) is 11.6. The fourth-order valence-electron chi connectivity index (χ4n) is 5.06. The second-order valence-corrected chi connectivity index (χ2v) is 8.39. The maximum atomic E-state index is 6.08. The van der Waals surface area contributed by atoms with E-state index in [0.29, 0.717) is 6.61 Å². The predicted molar refractivity (Wildman–Crippen MR) is 132 cm³/mol. The van der Waals surface area contributed by atoms with Crippen molar-refractivity contribution in [1.82, 2.24) is 9.88 Å². The summed E-state index contributed by atoms with van der Waals surface area (Å²) in [4.78, 5) is 7.81. The van der Waals surface area contributed by atoms with Gasteiger partial charge in [0.2, 0.25) is 0 Å². The third-order valence-electron chi connectivity index (χ3n) is 6.43. The normalized spacial score (nSPS) is 14.0. The van der Waals surface area contributed by atoms with Crippen LogP contribution < -0.4 is 9.47 Å². The zero-order valence-corrected chi connectivity index (χ0v) is 19.1. The van der Waals surface area contributed by atoms with Gasteiger partial charge >= 0.3 is 0 Å². The number of nitrogens with zero attached hydrogens (tertiary/aromatic N) is 2. The van der Waals surface area contributed by atoms with Crippen molar-refractivity contribution in [2.75, 3.05) is 26.8 Å². The van der Waals surface area contributed by atoms with Crippen LogP contribution in [0.25, 0.3) is 32.9 Å². The number of benzene rings is 3. The second kappa shape index (κ2) is 8.79. The van der Waals surface area contributed by atoms with Crippen molar-refractivity contribution in [1.29, 1.82) is 0 Å². The fourth-order valence-corrected chi connectivity index (χ4v) is 5.06. The molecular weight excluding hydrogens is 396 g/mol. The summed E-state index contributed by atoms with van der Waals surface area (Å²) in [6, 6.07) is 19.1. The maximum absolute atomic E-state index is 6.08. The summed E-state index contributed by atoms with van der Waals surface area (Å²) in [7, 11) is 1.69. The Bertz CT molecular complexity index is 1280. The molecule has 0 radical (unpaired) electrons. The molecule has 0 N–H and O–H groups in total. The van der Waals surface area contributed by atoms with E-state index in [2.05, 4.69) is 54.3 Å². The number of methoxy groups -OCH3 is 1. The molecule has 1 aliphatic heterocycles. The monoisotopic (exact) mass is 426 g/mol. The lowest BCUT2D eigenvalue weighted by Crippen LogP contribution is -2.32. The molecule has 0 saturated heterocycles.